The number of aromatic nitrogens is 1. The number of pyridine rings is 1. The topological polar surface area (TPSA) is 32.8 Å². The highest BCUT2D eigenvalue weighted by atomic mass is 79.9. The Balaban J connectivity index is 2.03. The van der Waals surface area contributed by atoms with E-state index < -0.39 is 0 Å². The molecule has 0 spiro atoms. The van der Waals surface area contributed by atoms with Gasteiger partial charge in [0.1, 0.15) is 0 Å². The minimum Gasteiger partial charge on any atom is -0.290 e. The predicted octanol–water partition coefficient (Wildman–Crippen LogP) is 6.37. The van der Waals surface area contributed by atoms with E-state index in [0.717, 1.165) is 38.6 Å². The molecule has 1 aromatic heterocycles. The molecule has 0 saturated carbocycles. The summed E-state index contributed by atoms with van der Waals surface area (Å²) in [6.45, 7) is 4.25. The molecule has 0 aliphatic rings. The highest BCUT2D eigenvalue weighted by molar-refractivity contribution is 9.11. The molecule has 0 atom stereocenters. The first kappa shape index (κ1) is 16.5. The minimum atomic E-state index is -0.00171. The quantitative estimate of drug-likeness (QED) is 0.472. The van der Waals surface area contributed by atoms with Crippen molar-refractivity contribution < 1.29 is 5.11 Å². The summed E-state index contributed by atoms with van der Waals surface area (Å²) in [5.74, 6) is -0.00171. The summed E-state index contributed by atoms with van der Waals surface area (Å²) in [7, 11) is 0. The molecule has 23 heavy (non-hydrogen) atoms. The molecule has 1 heterocycles. The Morgan fingerprint density at radius 2 is 1.74 bits per heavy atom. The largest absolute Gasteiger partial charge is 0.290 e. The molecule has 0 saturated heterocycles. The van der Waals surface area contributed by atoms with E-state index in [4.69, 9.17) is 0 Å². The minimum absolute atomic E-state index is 0.00171. The monoisotopic (exact) mass is 432 g/mol. The third kappa shape index (κ3) is 3.43. The highest BCUT2D eigenvalue weighted by Crippen LogP contribution is 2.33. The van der Waals surface area contributed by atoms with Gasteiger partial charge < -0.3 is 0 Å². The number of benzene rings is 2. The van der Waals surface area contributed by atoms with Crippen molar-refractivity contribution in [2.45, 2.75) is 26.7 Å². The molecule has 0 N–H and O–H groups in total. The number of hydrogen-bond donors (Lipinski definition) is 0. The van der Waals surface area contributed by atoms with Crippen LogP contribution < -0.4 is 0 Å². The maximum absolute atomic E-state index is 11.5. The second-order valence-electron chi connectivity index (χ2n) is 5.68. The number of rotatable bonds is 3. The van der Waals surface area contributed by atoms with Crippen LogP contribution in [-0.2, 0) is 17.9 Å². The Kier molecular flexibility index (Phi) is 4.74. The van der Waals surface area contributed by atoms with E-state index in [1.807, 2.05) is 0 Å². The number of aryl methyl sites for hydroxylation is 2. The Morgan fingerprint density at radius 3 is 2.39 bits per heavy atom. The van der Waals surface area contributed by atoms with Gasteiger partial charge in [0.25, 0.3) is 0 Å². The van der Waals surface area contributed by atoms with Crippen molar-refractivity contribution in [3.63, 3.8) is 0 Å². The molecular formula is C19H16Br2NO. The van der Waals surface area contributed by atoms with E-state index in [1.54, 1.807) is 12.1 Å². The molecular weight excluding hydrogens is 418 g/mol. The van der Waals surface area contributed by atoms with E-state index in [2.05, 4.69) is 75.0 Å². The Hall–Kier alpha value is -1.39. The van der Waals surface area contributed by atoms with Crippen molar-refractivity contribution >= 4 is 42.8 Å². The molecule has 4 heteroatoms. The van der Waals surface area contributed by atoms with Crippen molar-refractivity contribution in [3.05, 3.63) is 67.7 Å². The zero-order valence-corrected chi connectivity index (χ0v) is 16.2. The summed E-state index contributed by atoms with van der Waals surface area (Å²) in [6, 6.07) is 11.8. The average molecular weight is 434 g/mol. The van der Waals surface area contributed by atoms with Crippen LogP contribution in [0.5, 0.6) is 5.75 Å². The number of fused-ring (bicyclic) bond motifs is 1. The Morgan fingerprint density at radius 1 is 1.04 bits per heavy atom. The van der Waals surface area contributed by atoms with Gasteiger partial charge in [0.15, 0.2) is 5.75 Å². The van der Waals surface area contributed by atoms with Crippen LogP contribution in [0.2, 0.25) is 0 Å². The molecule has 0 bridgehead atoms. The summed E-state index contributed by atoms with van der Waals surface area (Å²) in [5.41, 5.74) is 5.70. The first-order valence-corrected chi connectivity index (χ1v) is 9.10. The lowest BCUT2D eigenvalue weighted by Gasteiger charge is -2.10. The van der Waals surface area contributed by atoms with Crippen LogP contribution in [0.25, 0.3) is 10.9 Å². The van der Waals surface area contributed by atoms with Crippen LogP contribution >= 0.6 is 31.9 Å². The lowest BCUT2D eigenvalue weighted by atomic mass is 10.0. The van der Waals surface area contributed by atoms with Crippen LogP contribution in [0.15, 0.2) is 45.3 Å². The molecule has 0 fully saturated rings. The number of nitrogens with zero attached hydrogens (tertiary/aromatic N) is 1. The van der Waals surface area contributed by atoms with E-state index in [0.29, 0.717) is 0 Å². The van der Waals surface area contributed by atoms with Crippen LogP contribution in [0.3, 0.4) is 0 Å². The Bertz CT molecular complexity index is 867. The van der Waals surface area contributed by atoms with Gasteiger partial charge in [-0.3, -0.25) is 10.1 Å². The van der Waals surface area contributed by atoms with Crippen LogP contribution in [0.1, 0.15) is 29.3 Å². The summed E-state index contributed by atoms with van der Waals surface area (Å²) in [5, 5.41) is 12.7. The molecule has 0 aliphatic heterocycles. The lowest BCUT2D eigenvalue weighted by Crippen LogP contribution is -1.95. The van der Waals surface area contributed by atoms with Gasteiger partial charge in [0, 0.05) is 20.0 Å². The fraction of sp³-hybridized carbons (Fsp3) is 0.211. The highest BCUT2D eigenvalue weighted by Gasteiger charge is 2.10. The molecule has 2 nitrogen and oxygen atoms in total. The van der Waals surface area contributed by atoms with Gasteiger partial charge in [0.05, 0.1) is 5.52 Å². The van der Waals surface area contributed by atoms with E-state index in [-0.39, 0.29) is 5.75 Å². The standard InChI is InChI=1S/C19H16Br2NO/c1-3-13-6-11(2)15-7-12(4-5-19(15)22-13)8-16-17(20)9-14(23)10-18(16)21/h4-7,9-10H,3,8H2,1-2H3. The second kappa shape index (κ2) is 6.62. The van der Waals surface area contributed by atoms with Gasteiger partial charge in [-0.1, -0.05) is 44.8 Å². The van der Waals surface area contributed by atoms with Gasteiger partial charge in [-0.25, -0.2) is 0 Å². The molecule has 0 amide bonds. The second-order valence-corrected chi connectivity index (χ2v) is 7.39. The maximum atomic E-state index is 11.5. The first-order valence-electron chi connectivity index (χ1n) is 7.52. The van der Waals surface area contributed by atoms with Gasteiger partial charge in [-0.15, -0.1) is 0 Å². The Labute approximate surface area is 152 Å². The molecule has 0 unspecified atom stereocenters. The fourth-order valence-electron chi connectivity index (χ4n) is 2.76. The smallest absolute Gasteiger partial charge is 0.180 e. The zero-order chi connectivity index (χ0) is 16.6. The van der Waals surface area contributed by atoms with Gasteiger partial charge in [0.2, 0.25) is 0 Å². The van der Waals surface area contributed by atoms with Crippen molar-refractivity contribution in [1.82, 2.24) is 4.98 Å². The van der Waals surface area contributed by atoms with Gasteiger partial charge >= 0.3 is 0 Å². The summed E-state index contributed by atoms with van der Waals surface area (Å²) < 4.78 is 1.68. The van der Waals surface area contributed by atoms with Gasteiger partial charge in [-0.2, -0.15) is 0 Å². The van der Waals surface area contributed by atoms with Crippen LogP contribution in [0, 0.1) is 6.92 Å². The summed E-state index contributed by atoms with van der Waals surface area (Å²) in [4.78, 5) is 4.69. The zero-order valence-electron chi connectivity index (χ0n) is 13.0. The van der Waals surface area contributed by atoms with Gasteiger partial charge in [-0.05, 0) is 66.8 Å². The van der Waals surface area contributed by atoms with E-state index in [1.165, 1.54) is 16.5 Å². The predicted molar refractivity (Wildman–Crippen MR) is 101 cm³/mol. The molecule has 117 valence electrons. The first-order chi connectivity index (χ1) is 11.0. The van der Waals surface area contributed by atoms with E-state index >= 15 is 0 Å². The normalized spacial score (nSPS) is 11.1. The van der Waals surface area contributed by atoms with Crippen molar-refractivity contribution in [3.8, 4) is 5.75 Å². The molecule has 3 rings (SSSR count). The third-order valence-corrected chi connectivity index (χ3v) is 5.41. The fourth-order valence-corrected chi connectivity index (χ4v) is 4.18. The van der Waals surface area contributed by atoms with E-state index in [9.17, 15) is 5.11 Å². The molecule has 1 radical (unpaired) electrons. The van der Waals surface area contributed by atoms with Crippen LogP contribution in [0.4, 0.5) is 0 Å². The molecule has 2 aromatic carbocycles. The summed E-state index contributed by atoms with van der Waals surface area (Å²) >= 11 is 6.99. The third-order valence-electron chi connectivity index (χ3n) is 3.99. The molecule has 0 aliphatic carbocycles. The number of hydrogen-bond acceptors (Lipinski definition) is 1. The van der Waals surface area contributed by atoms with Crippen molar-refractivity contribution in [2.75, 3.05) is 0 Å². The summed E-state index contributed by atoms with van der Waals surface area (Å²) in [6.07, 6.45) is 1.70. The average Bonchev–Trinajstić information content (AvgIpc) is 2.51. The lowest BCUT2D eigenvalue weighted by molar-refractivity contribution is 0.354. The maximum Gasteiger partial charge on any atom is 0.180 e. The van der Waals surface area contributed by atoms with Crippen molar-refractivity contribution in [1.29, 1.82) is 0 Å². The number of halogens is 2. The van der Waals surface area contributed by atoms with Crippen molar-refractivity contribution in [2.24, 2.45) is 0 Å². The SMILES string of the molecule is CCc1cc(C)c2cc(Cc3c(Br)cc([O])cc3Br)ccc2n1. The molecule has 3 aromatic rings. The van der Waals surface area contributed by atoms with Crippen LogP contribution in [-0.4, -0.2) is 4.98 Å².